The average Bonchev–Trinajstić information content (AvgIpc) is 2.79. The summed E-state index contributed by atoms with van der Waals surface area (Å²) in [6.45, 7) is 0. The summed E-state index contributed by atoms with van der Waals surface area (Å²) in [5.74, 6) is 0. The van der Waals surface area contributed by atoms with Gasteiger partial charge < -0.3 is 0 Å². The number of nitrogens with zero attached hydrogens (tertiary/aromatic N) is 2. The first-order chi connectivity index (χ1) is 6.95. The Bertz CT molecular complexity index is 556. The monoisotopic (exact) mass is 266 g/mol. The molecule has 0 spiro atoms. The van der Waals surface area contributed by atoms with E-state index >= 15 is 0 Å². The van der Waals surface area contributed by atoms with Crippen molar-refractivity contribution in [2.24, 2.45) is 0 Å². The van der Waals surface area contributed by atoms with Crippen molar-refractivity contribution >= 4 is 36.3 Å². The minimum atomic E-state index is 0.429. The van der Waals surface area contributed by atoms with E-state index in [0.717, 1.165) is 5.52 Å². The molecule has 0 unspecified atom stereocenters. The fraction of sp³-hybridized carbons (Fsp3) is 0. The average molecular weight is 265 g/mol. The minimum absolute atomic E-state index is 0.429. The van der Waals surface area contributed by atoms with Crippen LogP contribution in [0, 0.1) is 0 Å². The van der Waals surface area contributed by atoms with Crippen LogP contribution in [0.4, 0.5) is 0 Å². The van der Waals surface area contributed by atoms with E-state index in [2.05, 4.69) is 38.8 Å². The van der Waals surface area contributed by atoms with Gasteiger partial charge in [0.2, 0.25) is 0 Å². The van der Waals surface area contributed by atoms with Crippen LogP contribution in [-0.2, 0) is 0 Å². The molecule has 1 aromatic carbocycles. The molecule has 0 bridgehead atoms. The van der Waals surface area contributed by atoms with Crippen LogP contribution < -0.4 is 0 Å². The number of benzene rings is 1. The second-order valence-corrected chi connectivity index (χ2v) is 5.55. The molecule has 3 rings (SSSR count). The molecule has 0 aliphatic rings. The van der Waals surface area contributed by atoms with E-state index in [9.17, 15) is 0 Å². The number of aromatic nitrogens is 2. The summed E-state index contributed by atoms with van der Waals surface area (Å²) in [7, 11) is 0. The Labute approximate surface area is 91.1 Å². The Balaban J connectivity index is 2.28. The number of hydrogen-bond donors (Lipinski definition) is 0. The van der Waals surface area contributed by atoms with Gasteiger partial charge in [0.05, 0.1) is 0 Å². The molecule has 0 aliphatic heterocycles. The van der Waals surface area contributed by atoms with Crippen molar-refractivity contribution in [3.8, 4) is 10.0 Å². The molecule has 4 heteroatoms. The molecule has 0 N–H and O–H groups in total. The van der Waals surface area contributed by atoms with E-state index in [1.165, 1.54) is 26.2 Å². The summed E-state index contributed by atoms with van der Waals surface area (Å²) in [4.78, 5) is 2.26. The second kappa shape index (κ2) is 3.31. The third-order valence-electron chi connectivity index (χ3n) is 2.05. The summed E-state index contributed by atoms with van der Waals surface area (Å²) >= 11 is 1.92. The normalized spacial score (nSPS) is 10.9. The molecular formula is C10H6N2SSe. The Morgan fingerprint density at radius 1 is 1.14 bits per heavy atom. The number of fused-ring (bicyclic) bond motifs is 1. The maximum atomic E-state index is 4.17. The van der Waals surface area contributed by atoms with Gasteiger partial charge in [0.25, 0.3) is 0 Å². The predicted octanol–water partition coefficient (Wildman–Crippen LogP) is 2.42. The Hall–Kier alpha value is -0.961. The van der Waals surface area contributed by atoms with Gasteiger partial charge in [-0.3, -0.25) is 0 Å². The Kier molecular flexibility index (Phi) is 1.98. The molecule has 3 aromatic rings. The zero-order valence-electron chi connectivity index (χ0n) is 7.18. The predicted molar refractivity (Wildman–Crippen MR) is 59.8 cm³/mol. The maximum absolute atomic E-state index is 4.17. The zero-order valence-corrected chi connectivity index (χ0v) is 9.70. The molecule has 2 heterocycles. The molecule has 0 saturated carbocycles. The van der Waals surface area contributed by atoms with Crippen molar-refractivity contribution in [2.45, 2.75) is 0 Å². The molecule has 2 aromatic heterocycles. The van der Waals surface area contributed by atoms with E-state index in [1.54, 1.807) is 0 Å². The standard InChI is InChI=1S/C10H6N2SSe/c1-2-4-7(5-3-1)10-9-8(6-14-10)13-12-11-9/h1-6H. The summed E-state index contributed by atoms with van der Waals surface area (Å²) in [5, 5.41) is 4.17. The van der Waals surface area contributed by atoms with Crippen molar-refractivity contribution < 1.29 is 0 Å². The summed E-state index contributed by atoms with van der Waals surface area (Å²) in [5.41, 5.74) is 2.39. The van der Waals surface area contributed by atoms with E-state index < -0.39 is 0 Å². The van der Waals surface area contributed by atoms with Crippen molar-refractivity contribution in [1.82, 2.24) is 9.59 Å². The van der Waals surface area contributed by atoms with Crippen molar-refractivity contribution in [1.29, 1.82) is 0 Å². The summed E-state index contributed by atoms with van der Waals surface area (Å²) < 4.78 is 6.57. The van der Waals surface area contributed by atoms with E-state index in [4.69, 9.17) is 0 Å². The van der Waals surface area contributed by atoms with Crippen LogP contribution in [0.3, 0.4) is 0 Å². The summed E-state index contributed by atoms with van der Waals surface area (Å²) in [6.07, 6.45) is 0. The quantitative estimate of drug-likeness (QED) is 0.631. The molecule has 2 nitrogen and oxygen atoms in total. The van der Waals surface area contributed by atoms with Gasteiger partial charge in [-0.1, -0.05) is 0 Å². The SMILES string of the molecule is c1ccc(-c2[se]cc3snnc23)cc1. The third-order valence-corrected chi connectivity index (χ3v) is 5.19. The van der Waals surface area contributed by atoms with E-state index in [0.29, 0.717) is 14.5 Å². The first kappa shape index (κ1) is 8.36. The van der Waals surface area contributed by atoms with Crippen LogP contribution in [0.15, 0.2) is 35.3 Å². The van der Waals surface area contributed by atoms with Gasteiger partial charge in [-0.15, -0.1) is 0 Å². The van der Waals surface area contributed by atoms with E-state index in [-0.39, 0.29) is 0 Å². The van der Waals surface area contributed by atoms with Gasteiger partial charge in [0.15, 0.2) is 0 Å². The van der Waals surface area contributed by atoms with Gasteiger partial charge in [-0.05, 0) is 0 Å². The molecule has 14 heavy (non-hydrogen) atoms. The van der Waals surface area contributed by atoms with Crippen molar-refractivity contribution in [2.75, 3.05) is 0 Å². The van der Waals surface area contributed by atoms with E-state index in [1.807, 2.05) is 6.07 Å². The van der Waals surface area contributed by atoms with Crippen molar-refractivity contribution in [3.63, 3.8) is 0 Å². The van der Waals surface area contributed by atoms with Gasteiger partial charge in [-0.25, -0.2) is 0 Å². The molecule has 0 aliphatic carbocycles. The molecule has 0 atom stereocenters. The molecule has 0 amide bonds. The number of hydrogen-bond acceptors (Lipinski definition) is 3. The third kappa shape index (κ3) is 1.23. The summed E-state index contributed by atoms with van der Waals surface area (Å²) in [6, 6.07) is 10.4. The molecule has 68 valence electrons. The first-order valence-electron chi connectivity index (χ1n) is 4.20. The second-order valence-electron chi connectivity index (χ2n) is 2.92. The van der Waals surface area contributed by atoms with Gasteiger partial charge in [0, 0.05) is 0 Å². The molecule has 0 saturated heterocycles. The zero-order chi connectivity index (χ0) is 9.38. The Morgan fingerprint density at radius 2 is 2.00 bits per heavy atom. The molecule has 0 fully saturated rings. The van der Waals surface area contributed by atoms with Crippen LogP contribution in [-0.4, -0.2) is 24.1 Å². The van der Waals surface area contributed by atoms with Crippen LogP contribution in [0.2, 0.25) is 0 Å². The van der Waals surface area contributed by atoms with Crippen LogP contribution in [0.5, 0.6) is 0 Å². The fourth-order valence-corrected chi connectivity index (χ4v) is 4.37. The van der Waals surface area contributed by atoms with Crippen molar-refractivity contribution in [3.05, 3.63) is 35.3 Å². The molecular weight excluding hydrogens is 259 g/mol. The topological polar surface area (TPSA) is 25.8 Å². The van der Waals surface area contributed by atoms with Crippen LogP contribution >= 0.6 is 11.5 Å². The van der Waals surface area contributed by atoms with Gasteiger partial charge >= 0.3 is 91.1 Å². The molecule has 0 radical (unpaired) electrons. The number of rotatable bonds is 1. The van der Waals surface area contributed by atoms with Crippen LogP contribution in [0.25, 0.3) is 20.2 Å². The van der Waals surface area contributed by atoms with Gasteiger partial charge in [-0.2, -0.15) is 0 Å². The van der Waals surface area contributed by atoms with Crippen LogP contribution in [0.1, 0.15) is 0 Å². The Morgan fingerprint density at radius 3 is 2.86 bits per heavy atom. The van der Waals surface area contributed by atoms with Gasteiger partial charge in [0.1, 0.15) is 0 Å². The first-order valence-corrected chi connectivity index (χ1v) is 6.82. The fourth-order valence-electron chi connectivity index (χ4n) is 1.39.